The van der Waals surface area contributed by atoms with Crippen molar-refractivity contribution in [2.45, 2.75) is 45.1 Å². The van der Waals surface area contributed by atoms with Gasteiger partial charge in [-0.15, -0.1) is 0 Å². The molecule has 0 unspecified atom stereocenters. The van der Waals surface area contributed by atoms with Crippen LogP contribution in [0.5, 0.6) is 0 Å². The summed E-state index contributed by atoms with van der Waals surface area (Å²) in [6, 6.07) is 4.14. The minimum atomic E-state index is -0.224. The lowest BCUT2D eigenvalue weighted by Crippen LogP contribution is -2.54. The molecule has 0 bridgehead atoms. The van der Waals surface area contributed by atoms with E-state index in [2.05, 4.69) is 46.3 Å². The number of fused-ring (bicyclic) bond motifs is 1. The van der Waals surface area contributed by atoms with Crippen LogP contribution < -0.4 is 16.0 Å². The second-order valence-corrected chi connectivity index (χ2v) is 9.62. The van der Waals surface area contributed by atoms with Gasteiger partial charge in [-0.25, -0.2) is 9.47 Å². The Morgan fingerprint density at radius 3 is 2.45 bits per heavy atom. The van der Waals surface area contributed by atoms with Gasteiger partial charge < -0.3 is 15.2 Å². The molecule has 166 valence electrons. The Labute approximate surface area is 187 Å². The Morgan fingerprint density at radius 1 is 1.10 bits per heavy atom. The van der Waals surface area contributed by atoms with E-state index in [0.717, 1.165) is 78.5 Å². The summed E-state index contributed by atoms with van der Waals surface area (Å²) in [5.41, 5.74) is 6.17. The van der Waals surface area contributed by atoms with Crippen LogP contribution in [0.4, 0.5) is 5.69 Å². The zero-order chi connectivity index (χ0) is 22.1. The number of piperazine rings is 1. The first-order valence-electron chi connectivity index (χ1n) is 10.9. The molecule has 2 aliphatic rings. The van der Waals surface area contributed by atoms with Gasteiger partial charge in [0, 0.05) is 37.4 Å². The Balaban J connectivity index is 1.50. The predicted octanol–water partition coefficient (Wildman–Crippen LogP) is 2.27. The lowest BCUT2D eigenvalue weighted by atomic mass is 10.1. The molecule has 7 nitrogen and oxygen atoms in total. The van der Waals surface area contributed by atoms with E-state index in [9.17, 15) is 9.59 Å². The maximum atomic E-state index is 12.9. The highest BCUT2D eigenvalue weighted by Gasteiger charge is 2.26. The van der Waals surface area contributed by atoms with E-state index in [-0.39, 0.29) is 17.3 Å². The molecule has 0 spiro atoms. The highest BCUT2D eigenvalue weighted by atomic mass is 32.2. The number of aryl methyl sites for hydroxylation is 3. The van der Waals surface area contributed by atoms with E-state index < -0.39 is 0 Å². The number of carbonyl (C=O) groups excluding carboxylic acids is 1. The maximum absolute atomic E-state index is 12.9. The summed E-state index contributed by atoms with van der Waals surface area (Å²) >= 11 is 1.37. The van der Waals surface area contributed by atoms with Gasteiger partial charge >= 0.3 is 5.69 Å². The fraction of sp³-hybridized carbons (Fsp3) is 0.522. The molecule has 2 aromatic rings. The van der Waals surface area contributed by atoms with Crippen molar-refractivity contribution in [2.75, 3.05) is 49.3 Å². The Bertz CT molecular complexity index is 1030. The molecule has 0 atom stereocenters. The third kappa shape index (κ3) is 4.65. The summed E-state index contributed by atoms with van der Waals surface area (Å²) in [6.45, 7) is 9.61. The van der Waals surface area contributed by atoms with Gasteiger partial charge in [-0.1, -0.05) is 29.5 Å². The van der Waals surface area contributed by atoms with Crippen LogP contribution in [0, 0.1) is 20.8 Å². The molecule has 1 fully saturated rings. The number of hydrogen-bond acceptors (Lipinski definition) is 6. The largest absolute Gasteiger partial charge is 0.367 e. The number of aromatic nitrogens is 2. The lowest BCUT2D eigenvalue weighted by molar-refractivity contribution is -0.113. The average molecular weight is 442 g/mol. The van der Waals surface area contributed by atoms with E-state index in [1.54, 1.807) is 4.68 Å². The van der Waals surface area contributed by atoms with Gasteiger partial charge in [0.15, 0.2) is 0 Å². The summed E-state index contributed by atoms with van der Waals surface area (Å²) in [5.74, 6) is 0.168. The molecule has 0 radical (unpaired) electrons. The number of nitrogens with one attached hydrogen (secondary N) is 1. The Kier molecular flexibility index (Phi) is 6.39. The monoisotopic (exact) mass is 441 g/mol. The number of benzene rings is 1. The summed E-state index contributed by atoms with van der Waals surface area (Å²) in [6.07, 6.45) is 2.83. The fourth-order valence-corrected chi connectivity index (χ4v) is 5.48. The second-order valence-electron chi connectivity index (χ2n) is 8.66. The minimum Gasteiger partial charge on any atom is -0.325 e. The zero-order valence-corrected chi connectivity index (χ0v) is 19.6. The van der Waals surface area contributed by atoms with Crippen LogP contribution in [0.1, 0.15) is 34.4 Å². The smallest absolute Gasteiger partial charge is 0.325 e. The molecule has 1 aromatic carbocycles. The van der Waals surface area contributed by atoms with Crippen molar-refractivity contribution in [3.63, 3.8) is 0 Å². The molecule has 1 aliphatic heterocycles. The van der Waals surface area contributed by atoms with Gasteiger partial charge in [0.25, 0.3) is 0 Å². The van der Waals surface area contributed by atoms with Gasteiger partial charge in [0.05, 0.1) is 11.4 Å². The SMILES string of the molecule is Cc1cc(C)c(NC(=O)CSc2nc(=O)n(N3CCN(C)CC3)c3c2CCC3)c(C)c1. The van der Waals surface area contributed by atoms with Crippen molar-refractivity contribution in [3.05, 3.63) is 50.6 Å². The normalized spacial score (nSPS) is 16.5. The van der Waals surface area contributed by atoms with E-state index in [4.69, 9.17) is 0 Å². The summed E-state index contributed by atoms with van der Waals surface area (Å²) in [4.78, 5) is 32.2. The van der Waals surface area contributed by atoms with Crippen LogP contribution >= 0.6 is 11.8 Å². The highest BCUT2D eigenvalue weighted by Crippen LogP contribution is 2.30. The maximum Gasteiger partial charge on any atom is 0.367 e. The van der Waals surface area contributed by atoms with Gasteiger partial charge in [0.1, 0.15) is 5.03 Å². The molecule has 1 N–H and O–H groups in total. The van der Waals surface area contributed by atoms with Crippen LogP contribution in [-0.2, 0) is 17.6 Å². The first-order chi connectivity index (χ1) is 14.8. The molecular formula is C23H31N5O2S. The number of rotatable bonds is 5. The van der Waals surface area contributed by atoms with Crippen molar-refractivity contribution in [2.24, 2.45) is 0 Å². The van der Waals surface area contributed by atoms with E-state index in [1.165, 1.54) is 17.3 Å². The topological polar surface area (TPSA) is 70.5 Å². The molecule has 0 saturated carbocycles. The van der Waals surface area contributed by atoms with Crippen LogP contribution in [0.2, 0.25) is 0 Å². The molecule has 31 heavy (non-hydrogen) atoms. The molecule has 1 aromatic heterocycles. The van der Waals surface area contributed by atoms with Crippen LogP contribution in [0.25, 0.3) is 0 Å². The molecule has 1 aliphatic carbocycles. The third-order valence-electron chi connectivity index (χ3n) is 6.12. The van der Waals surface area contributed by atoms with Crippen LogP contribution in [-0.4, -0.2) is 59.4 Å². The molecule has 8 heteroatoms. The summed E-state index contributed by atoms with van der Waals surface area (Å²) in [5, 5.41) is 5.89. The number of anilines is 1. The number of carbonyl (C=O) groups is 1. The number of hydrogen-bond donors (Lipinski definition) is 1. The predicted molar refractivity (Wildman–Crippen MR) is 126 cm³/mol. The van der Waals surface area contributed by atoms with E-state index in [1.807, 2.05) is 13.8 Å². The van der Waals surface area contributed by atoms with Gasteiger partial charge in [-0.05, 0) is 58.2 Å². The van der Waals surface area contributed by atoms with E-state index in [0.29, 0.717) is 0 Å². The zero-order valence-electron chi connectivity index (χ0n) is 18.8. The van der Waals surface area contributed by atoms with Crippen molar-refractivity contribution in [3.8, 4) is 0 Å². The quantitative estimate of drug-likeness (QED) is 0.567. The van der Waals surface area contributed by atoms with Crippen molar-refractivity contribution < 1.29 is 4.79 Å². The highest BCUT2D eigenvalue weighted by molar-refractivity contribution is 8.00. The molecule has 1 amide bonds. The van der Waals surface area contributed by atoms with Crippen LogP contribution in [0.15, 0.2) is 22.0 Å². The average Bonchev–Trinajstić information content (AvgIpc) is 3.19. The van der Waals surface area contributed by atoms with Gasteiger partial charge in [0.2, 0.25) is 5.91 Å². The summed E-state index contributed by atoms with van der Waals surface area (Å²) in [7, 11) is 2.10. The van der Waals surface area contributed by atoms with Crippen molar-refractivity contribution in [1.82, 2.24) is 14.6 Å². The van der Waals surface area contributed by atoms with E-state index >= 15 is 0 Å². The number of amides is 1. The molecule has 4 rings (SSSR count). The third-order valence-corrected chi connectivity index (χ3v) is 7.14. The Morgan fingerprint density at radius 2 is 1.77 bits per heavy atom. The molecule has 1 saturated heterocycles. The lowest BCUT2D eigenvalue weighted by Gasteiger charge is -2.35. The number of nitrogens with zero attached hydrogens (tertiary/aromatic N) is 4. The standard InChI is InChI=1S/C23H31N5O2S/c1-15-12-16(2)21(17(3)13-15)24-20(29)14-31-22-18-6-5-7-19(18)28(23(30)25-22)27-10-8-26(4)9-11-27/h12-13H,5-11,14H2,1-4H3,(H,24,29). The fourth-order valence-electron chi connectivity index (χ4n) is 4.60. The number of likely N-dealkylation sites (N-methyl/N-ethyl adjacent to an activating group) is 1. The van der Waals surface area contributed by atoms with Crippen molar-refractivity contribution in [1.29, 1.82) is 0 Å². The van der Waals surface area contributed by atoms with Gasteiger partial charge in [-0.2, -0.15) is 4.98 Å². The minimum absolute atomic E-state index is 0.0724. The van der Waals surface area contributed by atoms with Crippen molar-refractivity contribution >= 4 is 23.4 Å². The van der Waals surface area contributed by atoms with Gasteiger partial charge in [-0.3, -0.25) is 4.79 Å². The Hall–Kier alpha value is -2.32. The first kappa shape index (κ1) is 21.9. The second kappa shape index (κ2) is 9.04. The first-order valence-corrected chi connectivity index (χ1v) is 11.9. The molecule has 2 heterocycles. The molecular weight excluding hydrogens is 410 g/mol. The number of thioether (sulfide) groups is 1. The van der Waals surface area contributed by atoms with Crippen LogP contribution in [0.3, 0.4) is 0 Å². The summed E-state index contributed by atoms with van der Waals surface area (Å²) < 4.78 is 1.80.